The van der Waals surface area contributed by atoms with Crippen LogP contribution in [0.15, 0.2) is 30.3 Å². The van der Waals surface area contributed by atoms with E-state index in [1.165, 1.54) is 0 Å². The molecule has 2 heterocycles. The van der Waals surface area contributed by atoms with E-state index in [2.05, 4.69) is 27.5 Å². The zero-order valence-electron chi connectivity index (χ0n) is 16.4. The van der Waals surface area contributed by atoms with Crippen molar-refractivity contribution in [3.8, 4) is 0 Å². The summed E-state index contributed by atoms with van der Waals surface area (Å²) in [4.78, 5) is 9.79. The van der Waals surface area contributed by atoms with Crippen molar-refractivity contribution in [1.29, 1.82) is 0 Å². The van der Waals surface area contributed by atoms with Crippen molar-refractivity contribution in [3.63, 3.8) is 0 Å². The first kappa shape index (κ1) is 21.3. The Morgan fingerprint density at radius 3 is 2.62 bits per heavy atom. The topological polar surface area (TPSA) is 53.1 Å². The molecule has 1 aliphatic heterocycles. The van der Waals surface area contributed by atoms with E-state index in [4.69, 9.17) is 12.2 Å². The van der Waals surface area contributed by atoms with E-state index in [9.17, 15) is 13.2 Å². The first-order valence-electron chi connectivity index (χ1n) is 9.52. The number of rotatable bonds is 4. The summed E-state index contributed by atoms with van der Waals surface area (Å²) in [6.45, 7) is 5.87. The van der Waals surface area contributed by atoms with E-state index in [0.29, 0.717) is 25.6 Å². The van der Waals surface area contributed by atoms with E-state index in [0.717, 1.165) is 30.0 Å². The van der Waals surface area contributed by atoms with Crippen LogP contribution >= 0.6 is 12.2 Å². The number of nitrogens with zero attached hydrogens (tertiary/aromatic N) is 3. The van der Waals surface area contributed by atoms with Gasteiger partial charge in [0.2, 0.25) is 5.95 Å². The lowest BCUT2D eigenvalue weighted by Gasteiger charge is -2.32. The molecule has 1 saturated heterocycles. The van der Waals surface area contributed by atoms with E-state index in [1.807, 2.05) is 36.1 Å². The van der Waals surface area contributed by atoms with Gasteiger partial charge in [0.15, 0.2) is 10.8 Å². The molecule has 9 heteroatoms. The number of aromatic nitrogens is 2. The minimum Gasteiger partial charge on any atom is -0.358 e. The Hall–Kier alpha value is -2.42. The summed E-state index contributed by atoms with van der Waals surface area (Å²) in [6, 6.07) is 8.89. The van der Waals surface area contributed by atoms with Crippen LogP contribution in [0.2, 0.25) is 0 Å². The molecule has 1 aromatic heterocycles. The fourth-order valence-corrected chi connectivity index (χ4v) is 3.39. The Labute approximate surface area is 173 Å². The maximum Gasteiger partial charge on any atom is 0.433 e. The lowest BCUT2D eigenvalue weighted by atomic mass is 10.0. The molecule has 2 aromatic rings. The molecule has 1 aliphatic rings. The zero-order chi connectivity index (χ0) is 21.0. The monoisotopic (exact) mass is 423 g/mol. The van der Waals surface area contributed by atoms with Crippen LogP contribution in [-0.4, -0.2) is 28.2 Å². The fourth-order valence-electron chi connectivity index (χ4n) is 3.23. The summed E-state index contributed by atoms with van der Waals surface area (Å²) in [5.41, 5.74) is 1.17. The predicted molar refractivity (Wildman–Crippen MR) is 112 cm³/mol. The van der Waals surface area contributed by atoms with Gasteiger partial charge < -0.3 is 15.5 Å². The van der Waals surface area contributed by atoms with Crippen molar-refractivity contribution in [2.75, 3.05) is 23.3 Å². The Morgan fingerprint density at radius 1 is 1.24 bits per heavy atom. The van der Waals surface area contributed by atoms with Crippen molar-refractivity contribution < 1.29 is 13.2 Å². The molecule has 1 aromatic carbocycles. The van der Waals surface area contributed by atoms with Gasteiger partial charge in [0.1, 0.15) is 5.82 Å². The second-order valence-corrected chi connectivity index (χ2v) is 7.83. The SMILES string of the molecule is Cc1ccc(CNC(=S)Nc2nc(N3CCC[C@H](C)C3)cc(C(F)(F)F)n2)cc1. The third-order valence-corrected chi connectivity index (χ3v) is 5.03. The summed E-state index contributed by atoms with van der Waals surface area (Å²) >= 11 is 5.22. The van der Waals surface area contributed by atoms with Crippen LogP contribution in [0.1, 0.15) is 36.6 Å². The number of anilines is 2. The molecule has 1 fully saturated rings. The number of aryl methyl sites for hydroxylation is 1. The van der Waals surface area contributed by atoms with Crippen molar-refractivity contribution in [1.82, 2.24) is 15.3 Å². The number of alkyl halides is 3. The van der Waals surface area contributed by atoms with Gasteiger partial charge >= 0.3 is 6.18 Å². The Bertz CT molecular complexity index is 854. The van der Waals surface area contributed by atoms with Crippen LogP contribution in [-0.2, 0) is 12.7 Å². The minimum absolute atomic E-state index is 0.158. The molecule has 3 rings (SSSR count). The lowest BCUT2D eigenvalue weighted by molar-refractivity contribution is -0.141. The molecule has 0 saturated carbocycles. The number of benzene rings is 1. The molecular weight excluding hydrogens is 399 g/mol. The second kappa shape index (κ2) is 8.94. The average Bonchev–Trinajstić information content (AvgIpc) is 2.66. The Balaban J connectivity index is 1.73. The smallest absolute Gasteiger partial charge is 0.358 e. The molecule has 0 bridgehead atoms. The van der Waals surface area contributed by atoms with E-state index in [-0.39, 0.29) is 16.9 Å². The number of hydrogen-bond donors (Lipinski definition) is 2. The summed E-state index contributed by atoms with van der Waals surface area (Å²) in [5, 5.41) is 5.84. The molecule has 29 heavy (non-hydrogen) atoms. The van der Waals surface area contributed by atoms with Crippen molar-refractivity contribution in [2.24, 2.45) is 5.92 Å². The molecule has 0 radical (unpaired) electrons. The van der Waals surface area contributed by atoms with Gasteiger partial charge in [0, 0.05) is 25.7 Å². The van der Waals surface area contributed by atoms with Crippen LogP contribution in [0.25, 0.3) is 0 Å². The highest BCUT2D eigenvalue weighted by molar-refractivity contribution is 7.80. The van der Waals surface area contributed by atoms with Crippen LogP contribution in [0.4, 0.5) is 24.9 Å². The number of thiocarbonyl (C=S) groups is 1. The molecular formula is C20H24F3N5S. The largest absolute Gasteiger partial charge is 0.433 e. The molecule has 0 spiro atoms. The third kappa shape index (κ3) is 6.03. The summed E-state index contributed by atoms with van der Waals surface area (Å²) in [6.07, 6.45) is -2.58. The number of halogens is 3. The van der Waals surface area contributed by atoms with Crippen molar-refractivity contribution in [2.45, 2.75) is 39.4 Å². The highest BCUT2D eigenvalue weighted by atomic mass is 32.1. The maximum atomic E-state index is 13.3. The van der Waals surface area contributed by atoms with Crippen LogP contribution < -0.4 is 15.5 Å². The minimum atomic E-state index is -4.56. The zero-order valence-corrected chi connectivity index (χ0v) is 17.2. The van der Waals surface area contributed by atoms with Crippen molar-refractivity contribution in [3.05, 3.63) is 47.2 Å². The van der Waals surface area contributed by atoms with Gasteiger partial charge in [-0.3, -0.25) is 0 Å². The molecule has 156 valence electrons. The van der Waals surface area contributed by atoms with E-state index < -0.39 is 11.9 Å². The van der Waals surface area contributed by atoms with E-state index in [1.54, 1.807) is 0 Å². The predicted octanol–water partition coefficient (Wildman–Crippen LogP) is 4.53. The van der Waals surface area contributed by atoms with Gasteiger partial charge in [0.25, 0.3) is 0 Å². The summed E-state index contributed by atoms with van der Waals surface area (Å²) in [5.74, 6) is 0.513. The molecule has 0 aliphatic carbocycles. The average molecular weight is 424 g/mol. The normalized spacial score (nSPS) is 17.1. The maximum absolute atomic E-state index is 13.3. The highest BCUT2D eigenvalue weighted by Crippen LogP contribution is 2.31. The van der Waals surface area contributed by atoms with Gasteiger partial charge in [-0.25, -0.2) is 4.98 Å². The number of nitrogens with one attached hydrogen (secondary N) is 2. The van der Waals surface area contributed by atoms with Gasteiger partial charge in [-0.2, -0.15) is 18.2 Å². The first-order chi connectivity index (χ1) is 13.7. The molecule has 2 N–H and O–H groups in total. The first-order valence-corrected chi connectivity index (χ1v) is 9.93. The second-order valence-electron chi connectivity index (χ2n) is 7.42. The van der Waals surface area contributed by atoms with Gasteiger partial charge in [-0.1, -0.05) is 36.8 Å². The molecule has 5 nitrogen and oxygen atoms in total. The van der Waals surface area contributed by atoms with Gasteiger partial charge in [0.05, 0.1) is 0 Å². The van der Waals surface area contributed by atoms with Crippen LogP contribution in [0, 0.1) is 12.8 Å². The molecule has 0 amide bonds. The fraction of sp³-hybridized carbons (Fsp3) is 0.450. The molecule has 0 unspecified atom stereocenters. The van der Waals surface area contributed by atoms with Gasteiger partial charge in [-0.05, 0) is 43.5 Å². The number of hydrogen-bond acceptors (Lipinski definition) is 4. The Kier molecular flexibility index (Phi) is 6.56. The quantitative estimate of drug-likeness (QED) is 0.705. The van der Waals surface area contributed by atoms with Gasteiger partial charge in [-0.15, -0.1) is 0 Å². The standard InChI is InChI=1S/C20H24F3N5S/c1-13-5-7-15(8-6-13)11-24-19(29)27-18-25-16(20(21,22)23)10-17(26-18)28-9-3-4-14(2)12-28/h5-8,10,14H,3-4,9,11-12H2,1-2H3,(H2,24,25,26,27,29)/t14-/m0/s1. The Morgan fingerprint density at radius 2 is 1.97 bits per heavy atom. The van der Waals surface area contributed by atoms with Crippen LogP contribution in [0.3, 0.4) is 0 Å². The van der Waals surface area contributed by atoms with Crippen LogP contribution in [0.5, 0.6) is 0 Å². The number of piperidine rings is 1. The summed E-state index contributed by atoms with van der Waals surface area (Å²) in [7, 11) is 0. The van der Waals surface area contributed by atoms with Crippen molar-refractivity contribution >= 4 is 29.1 Å². The highest BCUT2D eigenvalue weighted by Gasteiger charge is 2.34. The third-order valence-electron chi connectivity index (χ3n) is 4.78. The molecule has 1 atom stereocenters. The van der Waals surface area contributed by atoms with E-state index >= 15 is 0 Å². The summed E-state index contributed by atoms with van der Waals surface area (Å²) < 4.78 is 40.0. The lowest BCUT2D eigenvalue weighted by Crippen LogP contribution is -2.35.